The Morgan fingerprint density at radius 1 is 1.17 bits per heavy atom. The molecule has 3 aromatic rings. The van der Waals surface area contributed by atoms with Crippen LogP contribution < -0.4 is 0 Å². The van der Waals surface area contributed by atoms with Gasteiger partial charge in [-0.05, 0) is 19.1 Å². The van der Waals surface area contributed by atoms with Crippen molar-refractivity contribution in [1.82, 2.24) is 15.0 Å². The number of aromatic amines is 1. The van der Waals surface area contributed by atoms with E-state index in [9.17, 15) is 8.78 Å². The molecule has 0 bridgehead atoms. The Morgan fingerprint density at radius 3 is 2.72 bits per heavy atom. The normalized spacial score (nSPS) is 11.1. The molecule has 3 rings (SSSR count). The monoisotopic (exact) mass is 245 g/mol. The van der Waals surface area contributed by atoms with Gasteiger partial charge < -0.3 is 4.98 Å². The Hall–Kier alpha value is -2.30. The molecule has 0 fully saturated rings. The topological polar surface area (TPSA) is 41.6 Å². The summed E-state index contributed by atoms with van der Waals surface area (Å²) in [6.45, 7) is 1.85. The van der Waals surface area contributed by atoms with Gasteiger partial charge in [-0.2, -0.15) is 0 Å². The summed E-state index contributed by atoms with van der Waals surface area (Å²) in [4.78, 5) is 11.4. The van der Waals surface area contributed by atoms with Crippen molar-refractivity contribution in [1.29, 1.82) is 0 Å². The fourth-order valence-corrected chi connectivity index (χ4v) is 1.87. The summed E-state index contributed by atoms with van der Waals surface area (Å²) in [5.41, 5.74) is 2.48. The SMILES string of the molecule is Cc1ncccc1-c1nc2cc(F)c(F)cc2[nH]1. The molecule has 0 saturated heterocycles. The van der Waals surface area contributed by atoms with Gasteiger partial charge in [0.1, 0.15) is 5.82 Å². The number of pyridine rings is 1. The van der Waals surface area contributed by atoms with Gasteiger partial charge in [0.2, 0.25) is 0 Å². The van der Waals surface area contributed by atoms with E-state index in [2.05, 4.69) is 15.0 Å². The number of halogens is 2. The van der Waals surface area contributed by atoms with Crippen molar-refractivity contribution in [3.63, 3.8) is 0 Å². The molecule has 0 spiro atoms. The maximum atomic E-state index is 13.1. The molecule has 1 N–H and O–H groups in total. The summed E-state index contributed by atoms with van der Waals surface area (Å²) in [6.07, 6.45) is 1.68. The molecule has 0 aliphatic carbocycles. The van der Waals surface area contributed by atoms with Crippen molar-refractivity contribution < 1.29 is 8.78 Å². The molecule has 3 nitrogen and oxygen atoms in total. The highest BCUT2D eigenvalue weighted by atomic mass is 19.2. The molecule has 0 saturated carbocycles. The highest BCUT2D eigenvalue weighted by molar-refractivity contribution is 5.79. The van der Waals surface area contributed by atoms with E-state index < -0.39 is 11.6 Å². The number of aromatic nitrogens is 3. The Bertz CT molecular complexity index is 695. The summed E-state index contributed by atoms with van der Waals surface area (Å²) in [5.74, 6) is -1.23. The van der Waals surface area contributed by atoms with Crippen LogP contribution in [-0.4, -0.2) is 15.0 Å². The molecule has 0 aliphatic heterocycles. The lowest BCUT2D eigenvalue weighted by atomic mass is 10.2. The number of hydrogen-bond donors (Lipinski definition) is 1. The third-order valence-corrected chi connectivity index (χ3v) is 2.79. The van der Waals surface area contributed by atoms with E-state index in [4.69, 9.17) is 0 Å². The number of rotatable bonds is 1. The Kier molecular flexibility index (Phi) is 2.33. The summed E-state index contributed by atoms with van der Waals surface area (Å²) in [7, 11) is 0. The average molecular weight is 245 g/mol. The number of benzene rings is 1. The van der Waals surface area contributed by atoms with Crippen LogP contribution in [0.1, 0.15) is 5.69 Å². The van der Waals surface area contributed by atoms with Crippen molar-refractivity contribution in [3.8, 4) is 11.4 Å². The van der Waals surface area contributed by atoms with Crippen molar-refractivity contribution in [2.45, 2.75) is 6.92 Å². The first-order valence-electron chi connectivity index (χ1n) is 5.42. The smallest absolute Gasteiger partial charge is 0.161 e. The van der Waals surface area contributed by atoms with E-state index in [1.54, 1.807) is 12.3 Å². The molecule has 2 aromatic heterocycles. The van der Waals surface area contributed by atoms with Gasteiger partial charge >= 0.3 is 0 Å². The van der Waals surface area contributed by atoms with E-state index in [-0.39, 0.29) is 0 Å². The largest absolute Gasteiger partial charge is 0.338 e. The molecule has 0 atom stereocenters. The summed E-state index contributed by atoms with van der Waals surface area (Å²) in [6, 6.07) is 5.83. The number of aryl methyl sites for hydroxylation is 1. The van der Waals surface area contributed by atoms with Crippen molar-refractivity contribution in [2.75, 3.05) is 0 Å². The van der Waals surface area contributed by atoms with Gasteiger partial charge in [0.15, 0.2) is 11.6 Å². The van der Waals surface area contributed by atoms with Crippen LogP contribution in [0.15, 0.2) is 30.5 Å². The average Bonchev–Trinajstić information content (AvgIpc) is 2.73. The van der Waals surface area contributed by atoms with Gasteiger partial charge in [-0.3, -0.25) is 4.98 Å². The van der Waals surface area contributed by atoms with E-state index in [0.29, 0.717) is 16.9 Å². The first-order valence-corrected chi connectivity index (χ1v) is 5.42. The van der Waals surface area contributed by atoms with E-state index in [1.165, 1.54) is 0 Å². The van der Waals surface area contributed by atoms with Crippen molar-refractivity contribution in [3.05, 3.63) is 47.8 Å². The minimum Gasteiger partial charge on any atom is -0.338 e. The number of nitrogens with zero attached hydrogens (tertiary/aromatic N) is 2. The molecule has 0 unspecified atom stereocenters. The zero-order chi connectivity index (χ0) is 12.7. The van der Waals surface area contributed by atoms with E-state index in [1.807, 2.05) is 13.0 Å². The summed E-state index contributed by atoms with van der Waals surface area (Å²) in [5, 5.41) is 0. The van der Waals surface area contributed by atoms with Gasteiger partial charge in [0, 0.05) is 29.6 Å². The molecular formula is C13H9F2N3. The molecule has 0 aliphatic rings. The van der Waals surface area contributed by atoms with Gasteiger partial charge in [-0.25, -0.2) is 13.8 Å². The standard InChI is InChI=1S/C13H9F2N3/c1-7-8(3-2-4-16-7)13-17-11-5-9(14)10(15)6-12(11)18-13/h2-6H,1H3,(H,17,18). The first-order chi connectivity index (χ1) is 8.65. The lowest BCUT2D eigenvalue weighted by molar-refractivity contribution is 0.510. The maximum Gasteiger partial charge on any atom is 0.161 e. The number of nitrogens with one attached hydrogen (secondary N) is 1. The summed E-state index contributed by atoms with van der Waals surface area (Å²) < 4.78 is 26.2. The fraction of sp³-hybridized carbons (Fsp3) is 0.0769. The predicted octanol–water partition coefficient (Wildman–Crippen LogP) is 3.21. The van der Waals surface area contributed by atoms with Crippen LogP contribution in [-0.2, 0) is 0 Å². The van der Waals surface area contributed by atoms with Crippen LogP contribution in [0.4, 0.5) is 8.78 Å². The molecule has 2 heterocycles. The minimum absolute atomic E-state index is 0.396. The van der Waals surface area contributed by atoms with Gasteiger partial charge in [-0.15, -0.1) is 0 Å². The third-order valence-electron chi connectivity index (χ3n) is 2.79. The quantitative estimate of drug-likeness (QED) is 0.715. The molecule has 0 amide bonds. The van der Waals surface area contributed by atoms with E-state index >= 15 is 0 Å². The number of fused-ring (bicyclic) bond motifs is 1. The molecule has 1 aromatic carbocycles. The lowest BCUT2D eigenvalue weighted by Gasteiger charge is -1.99. The number of H-pyrrole nitrogens is 1. The second-order valence-corrected chi connectivity index (χ2v) is 4.01. The molecular weight excluding hydrogens is 236 g/mol. The zero-order valence-corrected chi connectivity index (χ0v) is 9.54. The van der Waals surface area contributed by atoms with Crippen molar-refractivity contribution in [2.24, 2.45) is 0 Å². The fourth-order valence-electron chi connectivity index (χ4n) is 1.87. The Morgan fingerprint density at radius 2 is 1.94 bits per heavy atom. The van der Waals surface area contributed by atoms with Crippen LogP contribution in [0.2, 0.25) is 0 Å². The lowest BCUT2D eigenvalue weighted by Crippen LogP contribution is -1.87. The Balaban J connectivity index is 2.23. The maximum absolute atomic E-state index is 13.1. The van der Waals surface area contributed by atoms with Gasteiger partial charge in [0.05, 0.1) is 11.0 Å². The van der Waals surface area contributed by atoms with Gasteiger partial charge in [0.25, 0.3) is 0 Å². The predicted molar refractivity (Wildman–Crippen MR) is 64.0 cm³/mol. The van der Waals surface area contributed by atoms with Crippen LogP contribution >= 0.6 is 0 Å². The highest BCUT2D eigenvalue weighted by Gasteiger charge is 2.11. The highest BCUT2D eigenvalue weighted by Crippen LogP contribution is 2.23. The molecule has 18 heavy (non-hydrogen) atoms. The zero-order valence-electron chi connectivity index (χ0n) is 9.54. The Labute approximate surface area is 102 Å². The first kappa shape index (κ1) is 10.8. The number of imidazole rings is 1. The number of hydrogen-bond acceptors (Lipinski definition) is 2. The molecule has 0 radical (unpaired) electrons. The molecule has 5 heteroatoms. The van der Waals surface area contributed by atoms with Crippen LogP contribution in [0.5, 0.6) is 0 Å². The second-order valence-electron chi connectivity index (χ2n) is 4.01. The summed E-state index contributed by atoms with van der Waals surface area (Å²) >= 11 is 0. The minimum atomic E-state index is -0.900. The second kappa shape index (κ2) is 3.87. The van der Waals surface area contributed by atoms with Crippen LogP contribution in [0, 0.1) is 18.6 Å². The van der Waals surface area contributed by atoms with Crippen LogP contribution in [0.25, 0.3) is 22.4 Å². The third kappa shape index (κ3) is 1.64. The van der Waals surface area contributed by atoms with E-state index in [0.717, 1.165) is 23.4 Å². The van der Waals surface area contributed by atoms with Crippen LogP contribution in [0.3, 0.4) is 0 Å². The van der Waals surface area contributed by atoms with Gasteiger partial charge in [-0.1, -0.05) is 0 Å². The molecule has 90 valence electrons. The van der Waals surface area contributed by atoms with Crippen molar-refractivity contribution >= 4 is 11.0 Å².